The van der Waals surface area contributed by atoms with Gasteiger partial charge in [-0.25, -0.2) is 4.79 Å². The summed E-state index contributed by atoms with van der Waals surface area (Å²) in [7, 11) is 1.64. The fourth-order valence-corrected chi connectivity index (χ4v) is 2.01. The van der Waals surface area contributed by atoms with Crippen LogP contribution in [0.15, 0.2) is 35.9 Å². The maximum Gasteiger partial charge on any atom is 0.410 e. The van der Waals surface area contributed by atoms with Crippen LogP contribution in [0.1, 0.15) is 19.4 Å². The Balaban J connectivity index is 2.01. The zero-order valence-electron chi connectivity index (χ0n) is 11.6. The van der Waals surface area contributed by atoms with Crippen molar-refractivity contribution in [3.63, 3.8) is 0 Å². The van der Waals surface area contributed by atoms with E-state index in [2.05, 4.69) is 0 Å². The Morgan fingerprint density at radius 2 is 2.16 bits per heavy atom. The Kier molecular flexibility index (Phi) is 4.10. The van der Waals surface area contributed by atoms with Crippen LogP contribution in [-0.2, 0) is 11.3 Å². The van der Waals surface area contributed by atoms with E-state index in [1.807, 2.05) is 44.2 Å². The molecule has 0 aliphatic carbocycles. The number of benzene rings is 1. The topological polar surface area (TPSA) is 38.8 Å². The lowest BCUT2D eigenvalue weighted by atomic mass is 10.1. The average Bonchev–Trinajstić information content (AvgIpc) is 2.80. The lowest BCUT2D eigenvalue weighted by Gasteiger charge is -2.13. The molecule has 4 heteroatoms. The minimum absolute atomic E-state index is 0.115. The molecule has 1 aliphatic heterocycles. The number of ether oxygens (including phenoxy) is 2. The van der Waals surface area contributed by atoms with Gasteiger partial charge in [-0.2, -0.15) is 0 Å². The zero-order chi connectivity index (χ0) is 13.8. The first-order valence-electron chi connectivity index (χ1n) is 6.35. The van der Waals surface area contributed by atoms with Crippen LogP contribution < -0.4 is 4.74 Å². The van der Waals surface area contributed by atoms with Gasteiger partial charge in [0.25, 0.3) is 0 Å². The Bertz CT molecular complexity index is 479. The van der Waals surface area contributed by atoms with E-state index in [1.165, 1.54) is 0 Å². The lowest BCUT2D eigenvalue weighted by molar-refractivity contribution is 0.142. The molecule has 1 unspecified atom stereocenters. The molecule has 0 bridgehead atoms. The number of carbonyl (C=O) groups is 1. The zero-order valence-corrected chi connectivity index (χ0v) is 11.6. The molecular formula is C15H19NO3. The number of hydrogen-bond acceptors (Lipinski definition) is 3. The number of amides is 1. The van der Waals surface area contributed by atoms with E-state index >= 15 is 0 Å². The van der Waals surface area contributed by atoms with Crippen molar-refractivity contribution in [1.29, 1.82) is 0 Å². The van der Waals surface area contributed by atoms with Crippen LogP contribution >= 0.6 is 0 Å². The quantitative estimate of drug-likeness (QED) is 0.782. The van der Waals surface area contributed by atoms with E-state index in [9.17, 15) is 4.79 Å². The molecule has 0 spiro atoms. The van der Waals surface area contributed by atoms with Crippen LogP contribution in [0.2, 0.25) is 0 Å². The van der Waals surface area contributed by atoms with Crippen LogP contribution in [0, 0.1) is 0 Å². The molecule has 2 rings (SSSR count). The molecule has 19 heavy (non-hydrogen) atoms. The Labute approximate surface area is 113 Å². The van der Waals surface area contributed by atoms with E-state index in [1.54, 1.807) is 12.0 Å². The summed E-state index contributed by atoms with van der Waals surface area (Å²) in [5.41, 5.74) is 2.15. The smallest absolute Gasteiger partial charge is 0.410 e. The maximum absolute atomic E-state index is 11.8. The first kappa shape index (κ1) is 13.5. The van der Waals surface area contributed by atoms with Crippen molar-refractivity contribution in [3.8, 4) is 5.75 Å². The highest BCUT2D eigenvalue weighted by atomic mass is 16.6. The number of methoxy groups -OCH3 is 1. The van der Waals surface area contributed by atoms with E-state index in [-0.39, 0.29) is 12.2 Å². The third kappa shape index (κ3) is 3.08. The Hall–Kier alpha value is -1.97. The molecule has 1 aliphatic rings. The highest BCUT2D eigenvalue weighted by Gasteiger charge is 2.31. The maximum atomic E-state index is 11.8. The van der Waals surface area contributed by atoms with Gasteiger partial charge in [-0.3, -0.25) is 4.90 Å². The van der Waals surface area contributed by atoms with Gasteiger partial charge in [-0.15, -0.1) is 0 Å². The fourth-order valence-electron chi connectivity index (χ4n) is 2.01. The molecule has 0 N–H and O–H groups in total. The molecule has 1 fully saturated rings. The van der Waals surface area contributed by atoms with Gasteiger partial charge in [-0.1, -0.05) is 18.2 Å². The van der Waals surface area contributed by atoms with E-state index in [4.69, 9.17) is 9.47 Å². The second-order valence-corrected chi connectivity index (χ2v) is 4.63. The molecular weight excluding hydrogens is 242 g/mol. The molecule has 102 valence electrons. The summed E-state index contributed by atoms with van der Waals surface area (Å²) in [5, 5.41) is 0. The summed E-state index contributed by atoms with van der Waals surface area (Å²) in [6.45, 7) is 5.11. The first-order valence-corrected chi connectivity index (χ1v) is 6.35. The monoisotopic (exact) mass is 261 g/mol. The molecule has 1 atom stereocenters. The predicted molar refractivity (Wildman–Crippen MR) is 73.1 cm³/mol. The summed E-state index contributed by atoms with van der Waals surface area (Å²) >= 11 is 0. The summed E-state index contributed by atoms with van der Waals surface area (Å²) < 4.78 is 10.4. The van der Waals surface area contributed by atoms with E-state index in [0.29, 0.717) is 13.1 Å². The summed E-state index contributed by atoms with van der Waals surface area (Å²) in [6.07, 6.45) is 1.62. The molecule has 0 radical (unpaired) electrons. The van der Waals surface area contributed by atoms with Crippen molar-refractivity contribution in [2.24, 2.45) is 0 Å². The van der Waals surface area contributed by atoms with Crippen molar-refractivity contribution in [2.45, 2.75) is 26.5 Å². The van der Waals surface area contributed by atoms with Crippen LogP contribution in [0.25, 0.3) is 0 Å². The number of allylic oxidation sites excluding steroid dienone is 1. The summed E-state index contributed by atoms with van der Waals surface area (Å²) in [5.74, 6) is 0.815. The number of nitrogens with zero attached hydrogens (tertiary/aromatic N) is 1. The van der Waals surface area contributed by atoms with Gasteiger partial charge in [0.2, 0.25) is 0 Å². The first-order chi connectivity index (χ1) is 9.13. The van der Waals surface area contributed by atoms with E-state index < -0.39 is 0 Å². The molecule has 1 heterocycles. The Morgan fingerprint density at radius 1 is 1.47 bits per heavy atom. The second-order valence-electron chi connectivity index (χ2n) is 4.63. The van der Waals surface area contributed by atoms with Gasteiger partial charge >= 0.3 is 6.09 Å². The molecule has 1 saturated heterocycles. The van der Waals surface area contributed by atoms with Gasteiger partial charge in [0.05, 0.1) is 13.7 Å². The van der Waals surface area contributed by atoms with Gasteiger partial charge < -0.3 is 9.47 Å². The average molecular weight is 261 g/mol. The summed E-state index contributed by atoms with van der Waals surface area (Å²) in [4.78, 5) is 13.5. The van der Waals surface area contributed by atoms with Crippen molar-refractivity contribution >= 4 is 6.09 Å². The highest BCUT2D eigenvalue weighted by Crippen LogP contribution is 2.21. The van der Waals surface area contributed by atoms with E-state index in [0.717, 1.165) is 16.9 Å². The lowest BCUT2D eigenvalue weighted by Crippen LogP contribution is -2.24. The Morgan fingerprint density at radius 3 is 2.74 bits per heavy atom. The molecule has 4 nitrogen and oxygen atoms in total. The standard InChI is InChI=1S/C15H19NO3/c1-4-11(2)14-10-16(15(17)19-14)9-12-5-7-13(18-3)8-6-12/h4-8,14H,9-10H2,1-3H3/b11-4+. The third-order valence-corrected chi connectivity index (χ3v) is 3.38. The normalized spacial score (nSPS) is 19.5. The van der Waals surface area contributed by atoms with Crippen LogP contribution in [0.4, 0.5) is 4.79 Å². The fraction of sp³-hybridized carbons (Fsp3) is 0.400. The van der Waals surface area contributed by atoms with Gasteiger partial charge in [0.1, 0.15) is 11.9 Å². The van der Waals surface area contributed by atoms with Crippen molar-refractivity contribution in [2.75, 3.05) is 13.7 Å². The predicted octanol–water partition coefficient (Wildman–Crippen LogP) is 2.98. The third-order valence-electron chi connectivity index (χ3n) is 3.38. The number of carbonyl (C=O) groups excluding carboxylic acids is 1. The van der Waals surface area contributed by atoms with Gasteiger partial charge in [-0.05, 0) is 37.1 Å². The minimum Gasteiger partial charge on any atom is -0.497 e. The largest absolute Gasteiger partial charge is 0.497 e. The van der Waals surface area contributed by atoms with Gasteiger partial charge in [0.15, 0.2) is 0 Å². The number of cyclic esters (lactones) is 1. The minimum atomic E-state index is -0.248. The molecule has 1 aromatic carbocycles. The van der Waals surface area contributed by atoms with Crippen LogP contribution in [-0.4, -0.2) is 30.8 Å². The second kappa shape index (κ2) is 5.78. The number of rotatable bonds is 4. The van der Waals surface area contributed by atoms with Gasteiger partial charge in [0, 0.05) is 6.54 Å². The van der Waals surface area contributed by atoms with Crippen LogP contribution in [0.5, 0.6) is 5.75 Å². The van der Waals surface area contributed by atoms with Crippen LogP contribution in [0.3, 0.4) is 0 Å². The molecule has 1 aromatic rings. The van der Waals surface area contributed by atoms with Crippen molar-refractivity contribution in [3.05, 3.63) is 41.5 Å². The SMILES string of the molecule is C/C=C(\C)C1CN(Cc2ccc(OC)cc2)C(=O)O1. The molecule has 0 aromatic heterocycles. The summed E-state index contributed by atoms with van der Waals surface area (Å²) in [6, 6.07) is 7.71. The number of hydrogen-bond donors (Lipinski definition) is 0. The van der Waals surface area contributed by atoms with Crippen molar-refractivity contribution in [1.82, 2.24) is 4.90 Å². The van der Waals surface area contributed by atoms with Crippen molar-refractivity contribution < 1.29 is 14.3 Å². The molecule has 0 saturated carbocycles. The molecule has 1 amide bonds. The highest BCUT2D eigenvalue weighted by molar-refractivity contribution is 5.70.